The van der Waals surface area contributed by atoms with Crippen LogP contribution in [-0.2, 0) is 19.6 Å². The lowest BCUT2D eigenvalue weighted by molar-refractivity contribution is 0.556. The molecule has 0 unspecified atom stereocenters. The minimum atomic E-state index is 0.541. The first-order valence-corrected chi connectivity index (χ1v) is 5.63. The van der Waals surface area contributed by atoms with Crippen LogP contribution in [0.5, 0.6) is 0 Å². The van der Waals surface area contributed by atoms with Crippen molar-refractivity contribution in [1.29, 1.82) is 0 Å². The zero-order valence-electron chi connectivity index (χ0n) is 9.45. The van der Waals surface area contributed by atoms with Crippen molar-refractivity contribution in [3.63, 3.8) is 0 Å². The van der Waals surface area contributed by atoms with Crippen LogP contribution in [0.2, 0.25) is 0 Å². The van der Waals surface area contributed by atoms with Gasteiger partial charge >= 0.3 is 0 Å². The summed E-state index contributed by atoms with van der Waals surface area (Å²) >= 11 is 0. The van der Waals surface area contributed by atoms with Gasteiger partial charge in [-0.1, -0.05) is 0 Å². The van der Waals surface area contributed by atoms with Crippen molar-refractivity contribution in [2.45, 2.75) is 19.6 Å². The van der Waals surface area contributed by atoms with Gasteiger partial charge in [0.15, 0.2) is 5.82 Å². The topological polar surface area (TPSA) is 72.9 Å². The number of nitrogens with zero attached hydrogens (tertiary/aromatic N) is 5. The van der Waals surface area contributed by atoms with Gasteiger partial charge in [0, 0.05) is 25.8 Å². The van der Waals surface area contributed by atoms with Gasteiger partial charge in [0.05, 0.1) is 6.54 Å². The molecule has 0 bridgehead atoms. The Kier molecular flexibility index (Phi) is 2.49. The van der Waals surface area contributed by atoms with E-state index < -0.39 is 0 Å². The van der Waals surface area contributed by atoms with Gasteiger partial charge in [-0.25, -0.2) is 4.98 Å². The van der Waals surface area contributed by atoms with Crippen LogP contribution in [0.4, 0.5) is 5.82 Å². The summed E-state index contributed by atoms with van der Waals surface area (Å²) in [7, 11) is 0. The minimum Gasteiger partial charge on any atom is -0.347 e. The van der Waals surface area contributed by atoms with E-state index in [2.05, 4.69) is 24.6 Å². The number of anilines is 1. The molecule has 6 nitrogen and oxygen atoms in total. The van der Waals surface area contributed by atoms with Gasteiger partial charge in [-0.05, 0) is 17.7 Å². The molecule has 0 saturated heterocycles. The summed E-state index contributed by atoms with van der Waals surface area (Å²) in [6.07, 6.45) is 3.58. The fraction of sp³-hybridized carbons (Fsp3) is 0.364. The Labute approximate surface area is 99.1 Å². The largest absolute Gasteiger partial charge is 0.347 e. The summed E-state index contributed by atoms with van der Waals surface area (Å²) in [6, 6.07) is 3.97. The molecule has 3 rings (SSSR count). The fourth-order valence-electron chi connectivity index (χ4n) is 2.02. The number of hydrogen-bond donors (Lipinski definition) is 1. The van der Waals surface area contributed by atoms with Gasteiger partial charge < -0.3 is 15.2 Å². The molecule has 2 aromatic heterocycles. The molecule has 17 heavy (non-hydrogen) atoms. The van der Waals surface area contributed by atoms with E-state index in [1.807, 2.05) is 12.1 Å². The fourth-order valence-corrected chi connectivity index (χ4v) is 2.02. The van der Waals surface area contributed by atoms with Crippen molar-refractivity contribution < 1.29 is 0 Å². The minimum absolute atomic E-state index is 0.541. The van der Waals surface area contributed by atoms with E-state index >= 15 is 0 Å². The maximum absolute atomic E-state index is 5.64. The number of nitrogens with two attached hydrogens (primary N) is 1. The van der Waals surface area contributed by atoms with Crippen molar-refractivity contribution in [1.82, 2.24) is 19.7 Å². The second-order valence-electron chi connectivity index (χ2n) is 4.09. The second kappa shape index (κ2) is 4.14. The monoisotopic (exact) mass is 230 g/mol. The van der Waals surface area contributed by atoms with E-state index in [0.717, 1.165) is 36.8 Å². The van der Waals surface area contributed by atoms with Gasteiger partial charge in [0.2, 0.25) is 0 Å². The molecule has 0 aromatic carbocycles. The maximum atomic E-state index is 5.64. The quantitative estimate of drug-likeness (QED) is 0.795. The Balaban J connectivity index is 1.86. The molecule has 1 aliphatic rings. The average Bonchev–Trinajstić information content (AvgIpc) is 2.86. The normalized spacial score (nSPS) is 14.8. The first-order valence-electron chi connectivity index (χ1n) is 5.63. The molecule has 3 heterocycles. The highest BCUT2D eigenvalue weighted by molar-refractivity contribution is 5.41. The Hall–Kier alpha value is -1.95. The summed E-state index contributed by atoms with van der Waals surface area (Å²) < 4.78 is 2.07. The average molecular weight is 230 g/mol. The highest BCUT2D eigenvalue weighted by atomic mass is 15.3. The molecule has 6 heteroatoms. The molecule has 0 atom stereocenters. The predicted molar refractivity (Wildman–Crippen MR) is 63.2 cm³/mol. The summed E-state index contributed by atoms with van der Waals surface area (Å²) in [5, 5.41) is 8.01. The van der Waals surface area contributed by atoms with E-state index in [0.29, 0.717) is 6.54 Å². The van der Waals surface area contributed by atoms with Crippen LogP contribution >= 0.6 is 0 Å². The van der Waals surface area contributed by atoms with E-state index in [1.54, 1.807) is 12.5 Å². The van der Waals surface area contributed by atoms with E-state index in [4.69, 9.17) is 5.73 Å². The maximum Gasteiger partial charge on any atom is 0.152 e. The number of hydrogen-bond acceptors (Lipinski definition) is 5. The van der Waals surface area contributed by atoms with Crippen molar-refractivity contribution in [2.75, 3.05) is 11.4 Å². The molecule has 2 N–H and O–H groups in total. The SMILES string of the molecule is NCc1ccnc(N2CCn3cnnc3C2)c1. The third-order valence-electron chi connectivity index (χ3n) is 3.01. The summed E-state index contributed by atoms with van der Waals surface area (Å²) in [6.45, 7) is 3.11. The van der Waals surface area contributed by atoms with Gasteiger partial charge in [-0.15, -0.1) is 10.2 Å². The van der Waals surface area contributed by atoms with Crippen LogP contribution in [0.25, 0.3) is 0 Å². The van der Waals surface area contributed by atoms with Gasteiger partial charge in [0.1, 0.15) is 12.1 Å². The Morgan fingerprint density at radius 1 is 1.35 bits per heavy atom. The molecular formula is C11H14N6. The Bertz CT molecular complexity index is 520. The van der Waals surface area contributed by atoms with Gasteiger partial charge in [0.25, 0.3) is 0 Å². The Morgan fingerprint density at radius 2 is 2.29 bits per heavy atom. The summed E-state index contributed by atoms with van der Waals surface area (Å²) in [5.74, 6) is 1.94. The van der Waals surface area contributed by atoms with Crippen LogP contribution < -0.4 is 10.6 Å². The van der Waals surface area contributed by atoms with Crippen LogP contribution in [0.1, 0.15) is 11.4 Å². The van der Waals surface area contributed by atoms with Gasteiger partial charge in [-0.3, -0.25) is 0 Å². The highest BCUT2D eigenvalue weighted by Gasteiger charge is 2.18. The molecule has 0 amide bonds. The predicted octanol–water partition coefficient (Wildman–Crippen LogP) is 0.152. The summed E-state index contributed by atoms with van der Waals surface area (Å²) in [5.41, 5.74) is 6.73. The molecule has 0 saturated carbocycles. The van der Waals surface area contributed by atoms with Crippen LogP contribution in [0.15, 0.2) is 24.7 Å². The van der Waals surface area contributed by atoms with Crippen molar-refractivity contribution in [3.8, 4) is 0 Å². The molecule has 0 aliphatic carbocycles. The third-order valence-corrected chi connectivity index (χ3v) is 3.01. The zero-order valence-corrected chi connectivity index (χ0v) is 9.45. The standard InChI is InChI=1S/C11H14N6/c12-6-9-1-2-13-10(5-9)16-3-4-17-8-14-15-11(17)7-16/h1-2,5,8H,3-4,6-7,12H2. The first kappa shape index (κ1) is 10.2. The number of fused-ring (bicyclic) bond motifs is 1. The molecule has 88 valence electrons. The van der Waals surface area contributed by atoms with E-state index in [1.165, 1.54) is 0 Å². The molecular weight excluding hydrogens is 216 g/mol. The van der Waals surface area contributed by atoms with E-state index in [-0.39, 0.29) is 0 Å². The zero-order chi connectivity index (χ0) is 11.7. The van der Waals surface area contributed by atoms with Gasteiger partial charge in [-0.2, -0.15) is 0 Å². The first-order chi connectivity index (χ1) is 8.36. The molecule has 0 radical (unpaired) electrons. The van der Waals surface area contributed by atoms with Crippen molar-refractivity contribution in [3.05, 3.63) is 36.0 Å². The number of pyridine rings is 1. The molecule has 2 aromatic rings. The van der Waals surface area contributed by atoms with Crippen molar-refractivity contribution >= 4 is 5.82 Å². The van der Waals surface area contributed by atoms with E-state index in [9.17, 15) is 0 Å². The Morgan fingerprint density at radius 3 is 3.18 bits per heavy atom. The smallest absolute Gasteiger partial charge is 0.152 e. The van der Waals surface area contributed by atoms with Crippen LogP contribution in [0, 0.1) is 0 Å². The molecule has 0 fully saturated rings. The number of aromatic nitrogens is 4. The second-order valence-corrected chi connectivity index (χ2v) is 4.09. The molecule has 0 spiro atoms. The summed E-state index contributed by atoms with van der Waals surface area (Å²) in [4.78, 5) is 6.58. The van der Waals surface area contributed by atoms with Crippen molar-refractivity contribution in [2.24, 2.45) is 5.73 Å². The highest BCUT2D eigenvalue weighted by Crippen LogP contribution is 2.18. The number of rotatable bonds is 2. The lowest BCUT2D eigenvalue weighted by Gasteiger charge is -2.28. The molecule has 1 aliphatic heterocycles. The van der Waals surface area contributed by atoms with Crippen LogP contribution in [0.3, 0.4) is 0 Å². The lowest BCUT2D eigenvalue weighted by atomic mass is 10.2. The third kappa shape index (κ3) is 1.87. The van der Waals surface area contributed by atoms with Crippen LogP contribution in [-0.4, -0.2) is 26.3 Å². The lowest BCUT2D eigenvalue weighted by Crippen LogP contribution is -2.34.